The molecule has 5 nitrogen and oxygen atoms in total. The zero-order valence-electron chi connectivity index (χ0n) is 10.8. The standard InChI is InChI=1S/C14H21NO4/c15-13(14(19)8-4-2-1-3-5-8)12-10(17)6-9(16)7-11(12)18/h6-8,13-14,16-19H,1-5,15H2/t13-,14+/m1/s1. The molecule has 1 aromatic carbocycles. The number of aromatic hydroxyl groups is 3. The van der Waals surface area contributed by atoms with Crippen LogP contribution in [0.2, 0.25) is 0 Å². The van der Waals surface area contributed by atoms with E-state index in [-0.39, 0.29) is 28.7 Å². The normalized spacial score (nSPS) is 20.1. The van der Waals surface area contributed by atoms with E-state index in [1.165, 1.54) is 6.42 Å². The first-order valence-corrected chi connectivity index (χ1v) is 6.69. The molecule has 19 heavy (non-hydrogen) atoms. The predicted octanol–water partition coefficient (Wildman–Crippen LogP) is 1.74. The van der Waals surface area contributed by atoms with Crippen molar-refractivity contribution in [2.24, 2.45) is 11.7 Å². The zero-order chi connectivity index (χ0) is 14.0. The van der Waals surface area contributed by atoms with Gasteiger partial charge >= 0.3 is 0 Å². The van der Waals surface area contributed by atoms with E-state index >= 15 is 0 Å². The minimum Gasteiger partial charge on any atom is -0.508 e. The molecule has 106 valence electrons. The van der Waals surface area contributed by atoms with Crippen LogP contribution in [0.1, 0.15) is 43.7 Å². The minimum atomic E-state index is -0.858. The predicted molar refractivity (Wildman–Crippen MR) is 70.9 cm³/mol. The molecule has 1 aromatic rings. The molecule has 0 aromatic heterocycles. The summed E-state index contributed by atoms with van der Waals surface area (Å²) in [6, 6.07) is 1.37. The first kappa shape index (κ1) is 14.0. The van der Waals surface area contributed by atoms with Gasteiger partial charge in [0.25, 0.3) is 0 Å². The van der Waals surface area contributed by atoms with E-state index < -0.39 is 12.1 Å². The Kier molecular flexibility index (Phi) is 4.17. The highest BCUT2D eigenvalue weighted by Gasteiger charge is 2.30. The Balaban J connectivity index is 2.20. The lowest BCUT2D eigenvalue weighted by Crippen LogP contribution is -2.34. The minimum absolute atomic E-state index is 0.0934. The second kappa shape index (κ2) is 5.67. The van der Waals surface area contributed by atoms with Crippen LogP contribution in [0, 0.1) is 5.92 Å². The third-order valence-electron chi connectivity index (χ3n) is 3.96. The van der Waals surface area contributed by atoms with Crippen LogP contribution in [0.5, 0.6) is 17.2 Å². The highest BCUT2D eigenvalue weighted by atomic mass is 16.3. The fourth-order valence-corrected chi connectivity index (χ4v) is 2.89. The second-order valence-electron chi connectivity index (χ2n) is 5.31. The summed E-state index contributed by atoms with van der Waals surface area (Å²) in [5, 5.41) is 39.1. The lowest BCUT2D eigenvalue weighted by atomic mass is 9.81. The largest absolute Gasteiger partial charge is 0.508 e. The Morgan fingerprint density at radius 2 is 1.53 bits per heavy atom. The van der Waals surface area contributed by atoms with Crippen LogP contribution in [0.3, 0.4) is 0 Å². The van der Waals surface area contributed by atoms with Gasteiger partial charge in [-0.3, -0.25) is 0 Å². The highest BCUT2D eigenvalue weighted by Crippen LogP contribution is 2.39. The first-order chi connectivity index (χ1) is 9.00. The molecule has 0 saturated heterocycles. The fraction of sp³-hybridized carbons (Fsp3) is 0.571. The molecule has 2 atom stereocenters. The number of hydrogen-bond acceptors (Lipinski definition) is 5. The van der Waals surface area contributed by atoms with E-state index in [2.05, 4.69) is 0 Å². The molecule has 0 unspecified atom stereocenters. The van der Waals surface area contributed by atoms with Crippen LogP contribution in [0.15, 0.2) is 12.1 Å². The molecular weight excluding hydrogens is 246 g/mol. The van der Waals surface area contributed by atoms with Gasteiger partial charge in [-0.15, -0.1) is 0 Å². The summed E-state index contributed by atoms with van der Waals surface area (Å²) < 4.78 is 0. The summed E-state index contributed by atoms with van der Waals surface area (Å²) in [5.74, 6) is -0.728. The monoisotopic (exact) mass is 267 g/mol. The van der Waals surface area contributed by atoms with Crippen molar-refractivity contribution in [2.45, 2.75) is 44.2 Å². The number of hydrogen-bond donors (Lipinski definition) is 5. The summed E-state index contributed by atoms with van der Waals surface area (Å²) in [5.41, 5.74) is 6.06. The van der Waals surface area contributed by atoms with Crippen molar-refractivity contribution in [2.75, 3.05) is 0 Å². The van der Waals surface area contributed by atoms with Crippen LogP contribution in [-0.4, -0.2) is 26.5 Å². The molecule has 5 heteroatoms. The van der Waals surface area contributed by atoms with Crippen LogP contribution in [0.25, 0.3) is 0 Å². The number of nitrogens with two attached hydrogens (primary N) is 1. The molecule has 0 aliphatic heterocycles. The summed E-state index contributed by atoms with van der Waals surface area (Å²) in [4.78, 5) is 0. The van der Waals surface area contributed by atoms with Crippen LogP contribution < -0.4 is 5.73 Å². The summed E-state index contributed by atoms with van der Waals surface area (Å²) in [6.07, 6.45) is 4.34. The summed E-state index contributed by atoms with van der Waals surface area (Å²) in [6.45, 7) is 0. The Morgan fingerprint density at radius 1 is 1.00 bits per heavy atom. The third kappa shape index (κ3) is 2.93. The molecule has 0 heterocycles. The van der Waals surface area contributed by atoms with Crippen molar-refractivity contribution in [1.29, 1.82) is 0 Å². The van der Waals surface area contributed by atoms with Crippen molar-refractivity contribution in [1.82, 2.24) is 0 Å². The van der Waals surface area contributed by atoms with Gasteiger partial charge in [0.05, 0.1) is 17.7 Å². The number of benzene rings is 1. The number of aliphatic hydroxyl groups excluding tert-OH is 1. The smallest absolute Gasteiger partial charge is 0.127 e. The topological polar surface area (TPSA) is 107 Å². The molecule has 6 N–H and O–H groups in total. The third-order valence-corrected chi connectivity index (χ3v) is 3.96. The molecule has 1 fully saturated rings. The van der Waals surface area contributed by atoms with E-state index in [9.17, 15) is 20.4 Å². The quantitative estimate of drug-likeness (QED) is 0.573. The number of aliphatic hydroxyl groups is 1. The van der Waals surface area contributed by atoms with Crippen molar-refractivity contribution in [3.8, 4) is 17.2 Å². The van der Waals surface area contributed by atoms with Crippen molar-refractivity contribution in [3.63, 3.8) is 0 Å². The molecule has 0 bridgehead atoms. The molecule has 1 aliphatic carbocycles. The van der Waals surface area contributed by atoms with Crippen LogP contribution in [-0.2, 0) is 0 Å². The van der Waals surface area contributed by atoms with Gasteiger partial charge in [0, 0.05) is 12.1 Å². The van der Waals surface area contributed by atoms with Gasteiger partial charge in [-0.05, 0) is 18.8 Å². The molecular formula is C14H21NO4. The molecule has 1 aliphatic rings. The Hall–Kier alpha value is -1.46. The molecule has 1 saturated carbocycles. The first-order valence-electron chi connectivity index (χ1n) is 6.69. The van der Waals surface area contributed by atoms with Gasteiger partial charge in [0.15, 0.2) is 0 Å². The Bertz CT molecular complexity index is 420. The van der Waals surface area contributed by atoms with Crippen molar-refractivity contribution < 1.29 is 20.4 Å². The maximum Gasteiger partial charge on any atom is 0.127 e. The average molecular weight is 267 g/mol. The summed E-state index contributed by atoms with van der Waals surface area (Å²) >= 11 is 0. The van der Waals surface area contributed by atoms with E-state index in [0.29, 0.717) is 0 Å². The van der Waals surface area contributed by atoms with Gasteiger partial charge in [-0.1, -0.05) is 19.3 Å². The van der Waals surface area contributed by atoms with E-state index in [4.69, 9.17) is 5.73 Å². The van der Waals surface area contributed by atoms with Gasteiger partial charge in [-0.25, -0.2) is 0 Å². The van der Waals surface area contributed by atoms with Crippen LogP contribution in [0.4, 0.5) is 0 Å². The maximum absolute atomic E-state index is 10.3. The van der Waals surface area contributed by atoms with E-state index in [1.54, 1.807) is 0 Å². The summed E-state index contributed by atoms with van der Waals surface area (Å²) in [7, 11) is 0. The van der Waals surface area contributed by atoms with E-state index in [1.807, 2.05) is 0 Å². The SMILES string of the molecule is N[C@H](c1c(O)cc(O)cc1O)[C@@H](O)C1CCCCC1. The van der Waals surface area contributed by atoms with Gasteiger partial charge in [0.2, 0.25) is 0 Å². The number of phenols is 3. The zero-order valence-corrected chi connectivity index (χ0v) is 10.8. The van der Waals surface area contributed by atoms with Gasteiger partial charge < -0.3 is 26.2 Å². The average Bonchev–Trinajstić information content (AvgIpc) is 2.37. The van der Waals surface area contributed by atoms with Crippen molar-refractivity contribution in [3.05, 3.63) is 17.7 Å². The lowest BCUT2D eigenvalue weighted by molar-refractivity contribution is 0.0603. The molecule has 2 rings (SSSR count). The Labute approximate surface area is 112 Å². The maximum atomic E-state index is 10.3. The van der Waals surface area contributed by atoms with Gasteiger partial charge in [-0.2, -0.15) is 0 Å². The number of rotatable bonds is 3. The highest BCUT2D eigenvalue weighted by molar-refractivity contribution is 5.50. The molecule has 0 spiro atoms. The Morgan fingerprint density at radius 3 is 2.05 bits per heavy atom. The van der Waals surface area contributed by atoms with Gasteiger partial charge in [0.1, 0.15) is 17.2 Å². The molecule has 0 amide bonds. The molecule has 0 radical (unpaired) electrons. The number of phenolic OH excluding ortho intramolecular Hbond substituents is 3. The second-order valence-corrected chi connectivity index (χ2v) is 5.31. The van der Waals surface area contributed by atoms with E-state index in [0.717, 1.165) is 37.8 Å². The fourth-order valence-electron chi connectivity index (χ4n) is 2.89. The van der Waals surface area contributed by atoms with Crippen LogP contribution >= 0.6 is 0 Å². The lowest BCUT2D eigenvalue weighted by Gasteiger charge is -2.31. The van der Waals surface area contributed by atoms with Crippen molar-refractivity contribution >= 4 is 0 Å².